The summed E-state index contributed by atoms with van der Waals surface area (Å²) in [4.78, 5) is 2.45. The van der Waals surface area contributed by atoms with Crippen LogP contribution in [0.4, 0.5) is 10.8 Å². The van der Waals surface area contributed by atoms with Crippen LogP contribution in [-0.4, -0.2) is 17.0 Å². The second kappa shape index (κ2) is 4.00. The summed E-state index contributed by atoms with van der Waals surface area (Å²) in [6.07, 6.45) is 1.33. The van der Waals surface area contributed by atoms with E-state index in [1.165, 1.54) is 23.0 Å². The highest BCUT2D eigenvalue weighted by atomic mass is 32.1. The number of aromatic nitrogens is 1. The third-order valence-electron chi connectivity index (χ3n) is 3.40. The average Bonchev–Trinajstić information content (AvgIpc) is 2.58. The molecule has 84 valence electrons. The molecule has 0 spiro atoms. The largest absolute Gasteiger partial charge is 0.383 e. The normalized spacial score (nSPS) is 31.9. The number of anilines is 2. The van der Waals surface area contributed by atoms with Crippen LogP contribution in [-0.2, 0) is 0 Å². The van der Waals surface area contributed by atoms with Crippen molar-refractivity contribution >= 4 is 22.4 Å². The third-order valence-corrected chi connectivity index (χ3v) is 4.24. The van der Waals surface area contributed by atoms with Crippen LogP contribution in [0.25, 0.3) is 0 Å². The van der Waals surface area contributed by atoms with E-state index in [4.69, 9.17) is 5.73 Å². The van der Waals surface area contributed by atoms with E-state index < -0.39 is 0 Å². The molecule has 1 aromatic rings. The summed E-state index contributed by atoms with van der Waals surface area (Å²) in [7, 11) is 0. The Morgan fingerprint density at radius 2 is 2.20 bits per heavy atom. The minimum atomic E-state index is 0.598. The molecule has 3 unspecified atom stereocenters. The van der Waals surface area contributed by atoms with E-state index in [-0.39, 0.29) is 0 Å². The summed E-state index contributed by atoms with van der Waals surface area (Å²) in [5.41, 5.74) is 5.67. The average molecular weight is 225 g/mol. The molecule has 2 N–H and O–H groups in total. The second-order valence-electron chi connectivity index (χ2n) is 4.80. The van der Waals surface area contributed by atoms with Crippen molar-refractivity contribution in [2.45, 2.75) is 33.2 Å². The van der Waals surface area contributed by atoms with Crippen molar-refractivity contribution in [2.24, 2.45) is 11.8 Å². The van der Waals surface area contributed by atoms with Crippen LogP contribution in [0.5, 0.6) is 0 Å². The Morgan fingerprint density at radius 3 is 2.80 bits per heavy atom. The molecule has 1 fully saturated rings. The Bertz CT molecular complexity index is 336. The van der Waals surface area contributed by atoms with Crippen LogP contribution >= 0.6 is 11.5 Å². The minimum absolute atomic E-state index is 0.598. The molecule has 1 aliphatic heterocycles. The van der Waals surface area contributed by atoms with Gasteiger partial charge in [-0.2, -0.15) is 4.37 Å². The molecule has 3 nitrogen and oxygen atoms in total. The molecule has 0 bridgehead atoms. The Kier molecular flexibility index (Phi) is 2.87. The molecular weight excluding hydrogens is 206 g/mol. The van der Waals surface area contributed by atoms with Gasteiger partial charge in [0, 0.05) is 18.7 Å². The summed E-state index contributed by atoms with van der Waals surface area (Å²) in [5, 5.41) is 1.22. The molecule has 3 atom stereocenters. The maximum atomic E-state index is 5.67. The van der Waals surface area contributed by atoms with Gasteiger partial charge in [0.1, 0.15) is 10.8 Å². The van der Waals surface area contributed by atoms with Crippen molar-refractivity contribution in [3.63, 3.8) is 0 Å². The van der Waals surface area contributed by atoms with Crippen LogP contribution in [0.2, 0.25) is 0 Å². The lowest BCUT2D eigenvalue weighted by atomic mass is 9.86. The lowest BCUT2D eigenvalue weighted by Crippen LogP contribution is -2.45. The van der Waals surface area contributed by atoms with Crippen LogP contribution in [0.3, 0.4) is 0 Å². The molecule has 0 aromatic carbocycles. The molecule has 1 aromatic heterocycles. The van der Waals surface area contributed by atoms with Crippen LogP contribution in [0, 0.1) is 11.8 Å². The summed E-state index contributed by atoms with van der Waals surface area (Å²) in [5.74, 6) is 2.16. The number of piperidine rings is 1. The van der Waals surface area contributed by atoms with Crippen molar-refractivity contribution in [3.8, 4) is 0 Å². The highest BCUT2D eigenvalue weighted by Gasteiger charge is 2.29. The van der Waals surface area contributed by atoms with Crippen LogP contribution in [0.15, 0.2) is 6.07 Å². The van der Waals surface area contributed by atoms with Gasteiger partial charge in [-0.25, -0.2) is 0 Å². The lowest BCUT2D eigenvalue weighted by Gasteiger charge is -2.41. The van der Waals surface area contributed by atoms with E-state index in [1.54, 1.807) is 0 Å². The first-order valence-corrected chi connectivity index (χ1v) is 6.34. The lowest BCUT2D eigenvalue weighted by molar-refractivity contribution is 0.298. The molecule has 0 radical (unpaired) electrons. The number of hydrogen-bond donors (Lipinski definition) is 1. The first kappa shape index (κ1) is 10.7. The van der Waals surface area contributed by atoms with E-state index in [9.17, 15) is 0 Å². The first-order valence-electron chi connectivity index (χ1n) is 5.56. The molecule has 0 amide bonds. The smallest absolute Gasteiger partial charge is 0.139 e. The van der Waals surface area contributed by atoms with Gasteiger partial charge in [0.2, 0.25) is 0 Å². The molecule has 1 aliphatic rings. The predicted octanol–water partition coefficient (Wildman–Crippen LogP) is 2.60. The van der Waals surface area contributed by atoms with E-state index in [2.05, 4.69) is 30.0 Å². The topological polar surface area (TPSA) is 42.1 Å². The zero-order valence-electron chi connectivity index (χ0n) is 9.60. The van der Waals surface area contributed by atoms with Gasteiger partial charge in [0.05, 0.1) is 0 Å². The molecule has 2 heterocycles. The van der Waals surface area contributed by atoms with Crippen molar-refractivity contribution in [1.82, 2.24) is 4.37 Å². The third kappa shape index (κ3) is 2.09. The standard InChI is InChI=1S/C11H19N3S/c1-7-4-8(2)9(3)14(6-7)11-5-10(12)13-15-11/h5,7-9H,4,6H2,1-3H3,(H2,12,13). The molecule has 1 saturated heterocycles. The maximum Gasteiger partial charge on any atom is 0.139 e. The van der Waals surface area contributed by atoms with Gasteiger partial charge in [-0.15, -0.1) is 0 Å². The number of hydrogen-bond acceptors (Lipinski definition) is 4. The highest BCUT2D eigenvalue weighted by Crippen LogP contribution is 2.33. The van der Waals surface area contributed by atoms with E-state index in [0.29, 0.717) is 11.9 Å². The van der Waals surface area contributed by atoms with Crippen LogP contribution < -0.4 is 10.6 Å². The van der Waals surface area contributed by atoms with Crippen molar-refractivity contribution < 1.29 is 0 Å². The number of nitrogens with zero attached hydrogens (tertiary/aromatic N) is 2. The molecule has 0 aliphatic carbocycles. The van der Waals surface area contributed by atoms with Crippen molar-refractivity contribution in [2.75, 3.05) is 17.2 Å². The van der Waals surface area contributed by atoms with Gasteiger partial charge in [-0.3, -0.25) is 0 Å². The Hall–Kier alpha value is -0.770. The SMILES string of the molecule is CC1CC(C)C(C)N(c2cc(N)ns2)C1. The van der Waals surface area contributed by atoms with E-state index in [0.717, 1.165) is 18.4 Å². The number of nitrogens with two attached hydrogens (primary N) is 1. The molecule has 0 saturated carbocycles. The fourth-order valence-corrected chi connectivity index (χ4v) is 3.19. The monoisotopic (exact) mass is 225 g/mol. The summed E-state index contributed by atoms with van der Waals surface area (Å²) in [6.45, 7) is 8.08. The van der Waals surface area contributed by atoms with Crippen LogP contribution in [0.1, 0.15) is 27.2 Å². The Labute approximate surface area is 95.4 Å². The van der Waals surface area contributed by atoms with Gasteiger partial charge in [-0.05, 0) is 36.7 Å². The van der Waals surface area contributed by atoms with Gasteiger partial charge in [-0.1, -0.05) is 13.8 Å². The zero-order chi connectivity index (χ0) is 11.0. The molecular formula is C11H19N3S. The zero-order valence-corrected chi connectivity index (χ0v) is 10.4. The minimum Gasteiger partial charge on any atom is -0.383 e. The Morgan fingerprint density at radius 1 is 1.47 bits per heavy atom. The molecule has 15 heavy (non-hydrogen) atoms. The second-order valence-corrected chi connectivity index (χ2v) is 5.58. The first-order chi connectivity index (χ1) is 7.08. The van der Waals surface area contributed by atoms with Gasteiger partial charge < -0.3 is 10.6 Å². The van der Waals surface area contributed by atoms with Gasteiger partial charge in [0.25, 0.3) is 0 Å². The summed E-state index contributed by atoms with van der Waals surface area (Å²) >= 11 is 1.51. The van der Waals surface area contributed by atoms with E-state index in [1.807, 2.05) is 6.07 Å². The number of rotatable bonds is 1. The molecule has 4 heteroatoms. The summed E-state index contributed by atoms with van der Waals surface area (Å²) < 4.78 is 4.15. The van der Waals surface area contributed by atoms with E-state index >= 15 is 0 Å². The molecule has 2 rings (SSSR count). The Balaban J connectivity index is 2.20. The predicted molar refractivity (Wildman–Crippen MR) is 66.3 cm³/mol. The van der Waals surface area contributed by atoms with Gasteiger partial charge >= 0.3 is 0 Å². The maximum absolute atomic E-state index is 5.67. The number of nitrogen functional groups attached to an aromatic ring is 1. The fraction of sp³-hybridized carbons (Fsp3) is 0.727. The summed E-state index contributed by atoms with van der Waals surface area (Å²) in [6, 6.07) is 2.59. The van der Waals surface area contributed by atoms with Gasteiger partial charge in [0.15, 0.2) is 0 Å². The van der Waals surface area contributed by atoms with Crippen molar-refractivity contribution in [1.29, 1.82) is 0 Å². The van der Waals surface area contributed by atoms with Crippen molar-refractivity contribution in [3.05, 3.63) is 6.07 Å². The quantitative estimate of drug-likeness (QED) is 0.799. The highest BCUT2D eigenvalue weighted by molar-refractivity contribution is 7.10. The fourth-order valence-electron chi connectivity index (χ4n) is 2.42.